The second-order valence-corrected chi connectivity index (χ2v) is 4.90. The quantitative estimate of drug-likeness (QED) is 0.785. The molecule has 0 spiro atoms. The zero-order valence-corrected chi connectivity index (χ0v) is 12.8. The van der Waals surface area contributed by atoms with Crippen LogP contribution in [0, 0.1) is 0 Å². The minimum absolute atomic E-state index is 0.0772. The summed E-state index contributed by atoms with van der Waals surface area (Å²) in [4.78, 5) is 35.1. The van der Waals surface area contributed by atoms with Crippen molar-refractivity contribution in [3.8, 4) is 0 Å². The molecule has 1 unspecified atom stereocenters. The molecule has 0 aliphatic heterocycles. The number of nitrogens with one attached hydrogen (secondary N) is 1. The van der Waals surface area contributed by atoms with Gasteiger partial charge in [-0.1, -0.05) is 18.5 Å². The molecule has 0 bridgehead atoms. The highest BCUT2D eigenvalue weighted by molar-refractivity contribution is 6.30. The Bertz CT molecular complexity index is 513. The normalized spacial score (nSPS) is 11.6. The first-order valence-corrected chi connectivity index (χ1v) is 7.01. The van der Waals surface area contributed by atoms with Gasteiger partial charge in [-0.15, -0.1) is 0 Å². The number of esters is 1. The van der Waals surface area contributed by atoms with E-state index in [9.17, 15) is 14.4 Å². The molecule has 0 fully saturated rings. The molecule has 1 rings (SSSR count). The number of hydrogen-bond acceptors (Lipinski definition) is 4. The van der Waals surface area contributed by atoms with Crippen molar-refractivity contribution in [2.45, 2.75) is 32.2 Å². The van der Waals surface area contributed by atoms with Crippen LogP contribution in [0.5, 0.6) is 0 Å². The summed E-state index contributed by atoms with van der Waals surface area (Å²) in [6.07, 6.45) is 0.583. The summed E-state index contributed by atoms with van der Waals surface area (Å²) >= 11 is 5.76. The number of carbonyl (C=O) groups excluding carboxylic acids is 3. The molecule has 0 saturated carbocycles. The predicted molar refractivity (Wildman–Crippen MR) is 79.3 cm³/mol. The van der Waals surface area contributed by atoms with Gasteiger partial charge < -0.3 is 10.1 Å². The van der Waals surface area contributed by atoms with Crippen LogP contribution >= 0.6 is 11.6 Å². The van der Waals surface area contributed by atoms with Gasteiger partial charge in [-0.05, 0) is 30.7 Å². The van der Waals surface area contributed by atoms with E-state index in [1.54, 1.807) is 31.2 Å². The molecule has 1 aromatic carbocycles. The summed E-state index contributed by atoms with van der Waals surface area (Å²) in [6.45, 7) is 1.71. The summed E-state index contributed by atoms with van der Waals surface area (Å²) in [5.41, 5.74) is 0.409. The lowest BCUT2D eigenvalue weighted by atomic mass is 10.0. The summed E-state index contributed by atoms with van der Waals surface area (Å²) < 4.78 is 4.54. The van der Waals surface area contributed by atoms with E-state index in [2.05, 4.69) is 10.1 Å². The zero-order valence-electron chi connectivity index (χ0n) is 12.0. The van der Waals surface area contributed by atoms with Crippen molar-refractivity contribution in [1.29, 1.82) is 0 Å². The monoisotopic (exact) mass is 311 g/mol. The van der Waals surface area contributed by atoms with E-state index < -0.39 is 12.0 Å². The highest BCUT2D eigenvalue weighted by atomic mass is 35.5. The van der Waals surface area contributed by atoms with Gasteiger partial charge in [-0.2, -0.15) is 0 Å². The number of benzene rings is 1. The number of Topliss-reactive ketones (excluding diaryl/α,β-unsaturated/α-hetero) is 1. The first-order valence-electron chi connectivity index (χ1n) is 6.63. The van der Waals surface area contributed by atoms with Gasteiger partial charge >= 0.3 is 5.97 Å². The van der Waals surface area contributed by atoms with Gasteiger partial charge in [-0.3, -0.25) is 14.4 Å². The molecule has 0 saturated heterocycles. The maximum atomic E-state index is 12.1. The Kier molecular flexibility index (Phi) is 6.88. The minimum Gasteiger partial charge on any atom is -0.469 e. The molecule has 1 N–H and O–H groups in total. The molecule has 114 valence electrons. The topological polar surface area (TPSA) is 72.5 Å². The minimum atomic E-state index is -0.697. The molecular formula is C15H18ClNO4. The standard InChI is InChI=1S/C15H18ClNO4/c1-3-13(18)12(8-9-14(19)21-2)17-15(20)10-4-6-11(16)7-5-10/h4-7,12H,3,8-9H2,1-2H3,(H,17,20). The average Bonchev–Trinajstić information content (AvgIpc) is 2.50. The van der Waals surface area contributed by atoms with Gasteiger partial charge in [0.1, 0.15) is 0 Å². The van der Waals surface area contributed by atoms with E-state index in [1.807, 2.05) is 0 Å². The number of rotatable bonds is 7. The highest BCUT2D eigenvalue weighted by Gasteiger charge is 2.21. The number of methoxy groups -OCH3 is 1. The highest BCUT2D eigenvalue weighted by Crippen LogP contribution is 2.10. The van der Waals surface area contributed by atoms with Crippen LogP contribution in [0.25, 0.3) is 0 Å². The van der Waals surface area contributed by atoms with Gasteiger partial charge in [-0.25, -0.2) is 0 Å². The van der Waals surface area contributed by atoms with Gasteiger partial charge in [0.05, 0.1) is 13.2 Å². The molecule has 1 atom stereocenters. The van der Waals surface area contributed by atoms with Crippen molar-refractivity contribution < 1.29 is 19.1 Å². The van der Waals surface area contributed by atoms with Crippen LogP contribution in [0.1, 0.15) is 36.5 Å². The summed E-state index contributed by atoms with van der Waals surface area (Å²) in [6, 6.07) is 5.65. The van der Waals surface area contributed by atoms with Crippen LogP contribution < -0.4 is 5.32 Å². The van der Waals surface area contributed by atoms with Crippen LogP contribution in [0.4, 0.5) is 0 Å². The van der Waals surface area contributed by atoms with E-state index >= 15 is 0 Å². The van der Waals surface area contributed by atoms with Gasteiger partial charge in [0.2, 0.25) is 0 Å². The largest absolute Gasteiger partial charge is 0.469 e. The molecule has 0 heterocycles. The van der Waals surface area contributed by atoms with Gasteiger partial charge in [0.25, 0.3) is 5.91 Å². The summed E-state index contributed by atoms with van der Waals surface area (Å²) in [7, 11) is 1.28. The summed E-state index contributed by atoms with van der Waals surface area (Å²) in [5.74, 6) is -0.908. The lowest BCUT2D eigenvalue weighted by molar-refractivity contribution is -0.140. The molecule has 21 heavy (non-hydrogen) atoms. The molecule has 6 heteroatoms. The Balaban J connectivity index is 2.71. The van der Waals surface area contributed by atoms with Crippen LogP contribution in [-0.2, 0) is 14.3 Å². The fourth-order valence-corrected chi connectivity index (χ4v) is 1.89. The maximum Gasteiger partial charge on any atom is 0.305 e. The number of ketones is 1. The third kappa shape index (κ3) is 5.55. The molecule has 1 aromatic rings. The van der Waals surface area contributed by atoms with Crippen molar-refractivity contribution in [2.75, 3.05) is 7.11 Å². The Morgan fingerprint density at radius 2 is 1.86 bits per heavy atom. The third-order valence-corrected chi connectivity index (χ3v) is 3.27. The van der Waals surface area contributed by atoms with Crippen molar-refractivity contribution in [3.63, 3.8) is 0 Å². The first-order chi connectivity index (χ1) is 9.97. The van der Waals surface area contributed by atoms with Crippen LogP contribution in [-0.4, -0.2) is 30.8 Å². The number of hydrogen-bond donors (Lipinski definition) is 1. The van der Waals surface area contributed by atoms with Crippen molar-refractivity contribution in [2.24, 2.45) is 0 Å². The Morgan fingerprint density at radius 1 is 1.24 bits per heavy atom. The van der Waals surface area contributed by atoms with E-state index in [1.165, 1.54) is 7.11 Å². The molecule has 0 aliphatic carbocycles. The zero-order chi connectivity index (χ0) is 15.8. The molecule has 1 amide bonds. The second-order valence-electron chi connectivity index (χ2n) is 4.47. The van der Waals surface area contributed by atoms with Crippen molar-refractivity contribution >= 4 is 29.3 Å². The van der Waals surface area contributed by atoms with Crippen molar-refractivity contribution in [3.05, 3.63) is 34.9 Å². The van der Waals surface area contributed by atoms with E-state index in [0.717, 1.165) is 0 Å². The summed E-state index contributed by atoms with van der Waals surface area (Å²) in [5, 5.41) is 3.17. The van der Waals surface area contributed by atoms with Crippen molar-refractivity contribution in [1.82, 2.24) is 5.32 Å². The Labute approximate surface area is 128 Å². The Hall–Kier alpha value is -1.88. The predicted octanol–water partition coefficient (Wildman–Crippen LogP) is 2.37. The molecule has 0 radical (unpaired) electrons. The molecular weight excluding hydrogens is 294 g/mol. The van der Waals surface area contributed by atoms with Crippen LogP contribution in [0.3, 0.4) is 0 Å². The molecule has 0 aromatic heterocycles. The SMILES string of the molecule is CCC(=O)C(CCC(=O)OC)NC(=O)c1ccc(Cl)cc1. The van der Waals surface area contributed by atoms with Crippen LogP contribution in [0.15, 0.2) is 24.3 Å². The number of halogens is 1. The second kappa shape index (κ2) is 8.42. The molecule has 0 aliphatic rings. The first kappa shape index (κ1) is 17.2. The number of amides is 1. The maximum absolute atomic E-state index is 12.1. The lowest BCUT2D eigenvalue weighted by Crippen LogP contribution is -2.41. The Morgan fingerprint density at radius 3 is 2.38 bits per heavy atom. The molecule has 5 nitrogen and oxygen atoms in total. The number of ether oxygens (including phenoxy) is 1. The van der Waals surface area contributed by atoms with Gasteiger partial charge in [0.15, 0.2) is 5.78 Å². The third-order valence-electron chi connectivity index (χ3n) is 3.01. The van der Waals surface area contributed by atoms with E-state index in [-0.39, 0.29) is 31.0 Å². The smallest absolute Gasteiger partial charge is 0.305 e. The number of carbonyl (C=O) groups is 3. The van der Waals surface area contributed by atoms with Gasteiger partial charge in [0, 0.05) is 23.4 Å². The fourth-order valence-electron chi connectivity index (χ4n) is 1.77. The van der Waals surface area contributed by atoms with Crippen LogP contribution in [0.2, 0.25) is 5.02 Å². The average molecular weight is 312 g/mol. The fraction of sp³-hybridized carbons (Fsp3) is 0.400. The van der Waals surface area contributed by atoms with E-state index in [4.69, 9.17) is 11.6 Å². The van der Waals surface area contributed by atoms with E-state index in [0.29, 0.717) is 10.6 Å². The lowest BCUT2D eigenvalue weighted by Gasteiger charge is -2.16.